The minimum absolute atomic E-state index is 0.00263. The zero-order chi connectivity index (χ0) is 34.4. The van der Waals surface area contributed by atoms with Crippen molar-refractivity contribution in [3.63, 3.8) is 0 Å². The summed E-state index contributed by atoms with van der Waals surface area (Å²) < 4.78 is 39.2. The van der Waals surface area contributed by atoms with Crippen LogP contribution in [-0.4, -0.2) is 79.8 Å². The van der Waals surface area contributed by atoms with Crippen molar-refractivity contribution in [2.24, 2.45) is 11.3 Å². The zero-order valence-corrected chi connectivity index (χ0v) is 28.8. The van der Waals surface area contributed by atoms with Crippen LogP contribution in [0.15, 0.2) is 36.9 Å². The molecule has 4 fully saturated rings. The quantitative estimate of drug-likeness (QED) is 0.302. The highest BCUT2D eigenvalue weighted by Crippen LogP contribution is 2.47. The molecule has 0 unspecified atom stereocenters. The van der Waals surface area contributed by atoms with Gasteiger partial charge >= 0.3 is 6.09 Å². The standard InChI is InChI=1S/C34H48N4O8S/c1-7-22-18-34(22,30(41)37-47(43,44)24-16-17-24)36-28(39)26-19-33(45-6,25-15-11-8-12-21(25)2)20-38(26)29(40)27(32(3,4)5)35-31(42)46-23-13-9-10-14-23/h7-8,11-12,15,22-24,26-27H,1,9-10,13-14,16-20H2,2-6H3,(H,35,42)(H,36,39)(H,37,41)/t22-,26+,27-,33+,34-/m1/s1. The van der Waals surface area contributed by atoms with Gasteiger partial charge in [0.25, 0.3) is 5.91 Å². The maximum atomic E-state index is 14.6. The number of hydrogen-bond donors (Lipinski definition) is 3. The number of carbonyl (C=O) groups is 4. The van der Waals surface area contributed by atoms with Crippen molar-refractivity contribution in [1.82, 2.24) is 20.3 Å². The molecule has 1 heterocycles. The minimum Gasteiger partial charge on any atom is -0.446 e. The molecular weight excluding hydrogens is 624 g/mol. The maximum Gasteiger partial charge on any atom is 0.408 e. The number of nitrogens with one attached hydrogen (secondary N) is 3. The van der Waals surface area contributed by atoms with E-state index < -0.39 is 73.6 Å². The third kappa shape index (κ3) is 7.06. The lowest BCUT2D eigenvalue weighted by Gasteiger charge is -2.36. The Morgan fingerprint density at radius 2 is 1.72 bits per heavy atom. The van der Waals surface area contributed by atoms with Crippen LogP contribution in [0.4, 0.5) is 4.79 Å². The molecule has 3 N–H and O–H groups in total. The Morgan fingerprint density at radius 1 is 1.06 bits per heavy atom. The molecule has 4 amide bonds. The van der Waals surface area contributed by atoms with Crippen molar-refractivity contribution in [2.45, 2.75) is 114 Å². The Morgan fingerprint density at radius 3 is 2.28 bits per heavy atom. The summed E-state index contributed by atoms with van der Waals surface area (Å²) in [6.07, 6.45) is 5.28. The Bertz CT molecular complexity index is 1530. The molecule has 0 radical (unpaired) electrons. The van der Waals surface area contributed by atoms with Gasteiger partial charge in [0.05, 0.1) is 11.8 Å². The molecule has 1 aromatic rings. The number of likely N-dealkylation sites (tertiary alicyclic amines) is 1. The molecule has 12 nitrogen and oxygen atoms in total. The average molecular weight is 673 g/mol. The summed E-state index contributed by atoms with van der Waals surface area (Å²) in [6.45, 7) is 11.2. The molecule has 3 aliphatic carbocycles. The molecule has 258 valence electrons. The molecule has 3 saturated carbocycles. The number of sulfonamides is 1. The van der Waals surface area contributed by atoms with E-state index in [9.17, 15) is 27.6 Å². The Balaban J connectivity index is 1.46. The summed E-state index contributed by atoms with van der Waals surface area (Å²) in [5, 5.41) is 4.98. The first-order chi connectivity index (χ1) is 22.1. The molecule has 5 atom stereocenters. The van der Waals surface area contributed by atoms with Gasteiger partial charge < -0.3 is 25.0 Å². The third-order valence-corrected chi connectivity index (χ3v) is 12.0. The van der Waals surface area contributed by atoms with Crippen LogP contribution in [0.1, 0.15) is 83.3 Å². The molecule has 5 rings (SSSR count). The lowest BCUT2D eigenvalue weighted by Crippen LogP contribution is -2.60. The molecular formula is C34H48N4O8S. The zero-order valence-electron chi connectivity index (χ0n) is 28.0. The molecule has 0 spiro atoms. The van der Waals surface area contributed by atoms with E-state index in [1.165, 1.54) is 18.1 Å². The van der Waals surface area contributed by atoms with E-state index >= 15 is 0 Å². The Hall–Kier alpha value is -3.45. The average Bonchev–Trinajstić information content (AvgIpc) is 3.89. The van der Waals surface area contributed by atoms with Crippen LogP contribution in [0.2, 0.25) is 0 Å². The smallest absolute Gasteiger partial charge is 0.408 e. The second-order valence-corrected chi connectivity index (χ2v) is 16.6. The van der Waals surface area contributed by atoms with Crippen molar-refractivity contribution < 1.29 is 37.1 Å². The Labute approximate surface area is 277 Å². The normalized spacial score (nSPS) is 28.3. The highest BCUT2D eigenvalue weighted by Gasteiger charge is 2.63. The van der Waals surface area contributed by atoms with Gasteiger partial charge in [-0.05, 0) is 68.4 Å². The van der Waals surface area contributed by atoms with Crippen LogP contribution in [0, 0.1) is 18.3 Å². The molecule has 1 saturated heterocycles. The van der Waals surface area contributed by atoms with Gasteiger partial charge in [-0.25, -0.2) is 13.2 Å². The number of carbonyl (C=O) groups excluding carboxylic acids is 4. The van der Waals surface area contributed by atoms with Crippen molar-refractivity contribution in [3.05, 3.63) is 48.0 Å². The summed E-state index contributed by atoms with van der Waals surface area (Å²) >= 11 is 0. The first-order valence-corrected chi connectivity index (χ1v) is 18.0. The second-order valence-electron chi connectivity index (χ2n) is 14.6. The van der Waals surface area contributed by atoms with Crippen molar-refractivity contribution >= 4 is 33.8 Å². The summed E-state index contributed by atoms with van der Waals surface area (Å²) in [5.74, 6) is -2.45. The second kappa shape index (κ2) is 12.9. The molecule has 0 aromatic heterocycles. The van der Waals surface area contributed by atoms with Gasteiger partial charge in [-0.2, -0.15) is 0 Å². The summed E-state index contributed by atoms with van der Waals surface area (Å²) in [5.41, 5.74) is -1.67. The molecule has 13 heteroatoms. The lowest BCUT2D eigenvalue weighted by atomic mass is 9.85. The van der Waals surface area contributed by atoms with Crippen molar-refractivity contribution in [1.29, 1.82) is 0 Å². The number of alkyl carbamates (subject to hydrolysis) is 1. The number of ether oxygens (including phenoxy) is 2. The monoisotopic (exact) mass is 672 g/mol. The first-order valence-electron chi connectivity index (χ1n) is 16.5. The SMILES string of the molecule is C=C[C@@H]1C[C@]1(NC(=O)[C@@H]1C[C@@](OC)(c2ccccc2C)CN1C(=O)[C@@H](NC(=O)OC1CCCC1)C(C)(C)C)C(=O)NS(=O)(=O)C1CC1. The predicted molar refractivity (Wildman–Crippen MR) is 174 cm³/mol. The Kier molecular flexibility index (Phi) is 9.55. The van der Waals surface area contributed by atoms with Gasteiger partial charge in [0, 0.05) is 19.4 Å². The molecule has 47 heavy (non-hydrogen) atoms. The minimum atomic E-state index is -3.87. The maximum absolute atomic E-state index is 14.6. The van der Waals surface area contributed by atoms with Crippen LogP contribution < -0.4 is 15.4 Å². The van der Waals surface area contributed by atoms with Crippen LogP contribution >= 0.6 is 0 Å². The largest absolute Gasteiger partial charge is 0.446 e. The van der Waals surface area contributed by atoms with Crippen molar-refractivity contribution in [3.8, 4) is 0 Å². The van der Waals surface area contributed by atoms with E-state index in [0.29, 0.717) is 12.8 Å². The summed E-state index contributed by atoms with van der Waals surface area (Å²) in [7, 11) is -2.35. The fraction of sp³-hybridized carbons (Fsp3) is 0.647. The number of nitrogens with zero attached hydrogens (tertiary/aromatic N) is 1. The van der Waals surface area contributed by atoms with E-state index in [2.05, 4.69) is 21.9 Å². The third-order valence-electron chi connectivity index (χ3n) is 10.1. The van der Waals surface area contributed by atoms with Gasteiger partial charge in [0.15, 0.2) is 0 Å². The highest BCUT2D eigenvalue weighted by molar-refractivity contribution is 7.91. The van der Waals surface area contributed by atoms with Gasteiger partial charge in [-0.15, -0.1) is 6.58 Å². The number of rotatable bonds is 11. The van der Waals surface area contributed by atoms with E-state index in [1.807, 2.05) is 52.0 Å². The van der Waals surface area contributed by atoms with E-state index in [-0.39, 0.29) is 25.5 Å². The fourth-order valence-corrected chi connectivity index (χ4v) is 8.38. The van der Waals surface area contributed by atoms with Crippen LogP contribution in [-0.2, 0) is 39.5 Å². The van der Waals surface area contributed by atoms with E-state index in [4.69, 9.17) is 9.47 Å². The number of hydrogen-bond acceptors (Lipinski definition) is 8. The van der Waals surface area contributed by atoms with Crippen LogP contribution in [0.5, 0.6) is 0 Å². The van der Waals surface area contributed by atoms with Gasteiger partial charge in [0.2, 0.25) is 21.8 Å². The van der Waals surface area contributed by atoms with Crippen LogP contribution in [0.3, 0.4) is 0 Å². The molecule has 1 aromatic carbocycles. The number of methoxy groups -OCH3 is 1. The summed E-state index contributed by atoms with van der Waals surface area (Å²) in [4.78, 5) is 56.7. The predicted octanol–water partition coefficient (Wildman–Crippen LogP) is 3.19. The van der Waals surface area contributed by atoms with E-state index in [1.54, 1.807) is 0 Å². The fourth-order valence-electron chi connectivity index (χ4n) is 7.02. The van der Waals surface area contributed by atoms with Gasteiger partial charge in [-0.1, -0.05) is 51.1 Å². The molecule has 0 bridgehead atoms. The van der Waals surface area contributed by atoms with Gasteiger partial charge in [0.1, 0.15) is 29.3 Å². The van der Waals surface area contributed by atoms with Crippen LogP contribution in [0.25, 0.3) is 0 Å². The van der Waals surface area contributed by atoms with E-state index in [0.717, 1.165) is 36.8 Å². The number of aryl methyl sites for hydroxylation is 1. The highest BCUT2D eigenvalue weighted by atomic mass is 32.2. The molecule has 4 aliphatic rings. The van der Waals surface area contributed by atoms with Gasteiger partial charge in [-0.3, -0.25) is 19.1 Å². The van der Waals surface area contributed by atoms with Crippen molar-refractivity contribution in [2.75, 3.05) is 13.7 Å². The first kappa shape index (κ1) is 34.9. The number of amides is 4. The summed E-state index contributed by atoms with van der Waals surface area (Å²) in [6, 6.07) is 5.40. The molecule has 1 aliphatic heterocycles. The lowest BCUT2D eigenvalue weighted by molar-refractivity contribution is -0.143. The topological polar surface area (TPSA) is 160 Å². The number of benzene rings is 1.